The summed E-state index contributed by atoms with van der Waals surface area (Å²) in [6.07, 6.45) is 6.03. The third-order valence-electron chi connectivity index (χ3n) is 14.0. The zero-order chi connectivity index (χ0) is 39.4. The highest BCUT2D eigenvalue weighted by molar-refractivity contribution is 5.97. The van der Waals surface area contributed by atoms with Crippen LogP contribution in [-0.2, 0) is 28.5 Å². The van der Waals surface area contributed by atoms with Crippen LogP contribution in [0.3, 0.4) is 0 Å². The monoisotopic (exact) mass is 755 g/mol. The molecule has 4 aliphatic carbocycles. The number of benzene rings is 1. The van der Waals surface area contributed by atoms with Gasteiger partial charge < -0.3 is 29.0 Å². The Labute approximate surface area is 319 Å². The number of carbonyl (C=O) groups excluding carboxylic acids is 5. The summed E-state index contributed by atoms with van der Waals surface area (Å²) in [5.41, 5.74) is 4.74. The fraction of sp³-hybridized carbons (Fsp3) is 0.732. The zero-order valence-corrected chi connectivity index (χ0v) is 33.2. The van der Waals surface area contributed by atoms with Gasteiger partial charge in [0.15, 0.2) is 0 Å². The van der Waals surface area contributed by atoms with Crippen molar-refractivity contribution in [3.8, 4) is 5.75 Å². The zero-order valence-electron chi connectivity index (χ0n) is 33.2. The first-order valence-electron chi connectivity index (χ1n) is 19.7. The Morgan fingerprint density at radius 1 is 0.833 bits per heavy atom. The van der Waals surface area contributed by atoms with Crippen LogP contribution in [-0.4, -0.2) is 69.6 Å². The molecule has 13 heteroatoms. The van der Waals surface area contributed by atoms with Crippen molar-refractivity contribution in [2.24, 2.45) is 52.3 Å². The number of hydrogen-bond acceptors (Lipinski definition) is 10. The van der Waals surface area contributed by atoms with Crippen LogP contribution in [0.1, 0.15) is 109 Å². The summed E-state index contributed by atoms with van der Waals surface area (Å²) < 4.78 is 27.5. The average Bonchev–Trinajstić information content (AvgIpc) is 3.53. The highest BCUT2D eigenvalue weighted by atomic mass is 16.6. The minimum atomic E-state index is -0.834. The van der Waals surface area contributed by atoms with E-state index in [9.17, 15) is 24.0 Å². The number of carbonyl (C=O) groups is 5. The van der Waals surface area contributed by atoms with E-state index in [4.69, 9.17) is 23.7 Å². The smallest absolute Gasteiger partial charge is 0.426 e. The quantitative estimate of drug-likeness (QED) is 0.127. The van der Waals surface area contributed by atoms with Crippen molar-refractivity contribution in [3.63, 3.8) is 0 Å². The summed E-state index contributed by atoms with van der Waals surface area (Å²) in [5, 5.41) is 2.81. The molecule has 4 fully saturated rings. The van der Waals surface area contributed by atoms with E-state index in [0.717, 1.165) is 32.1 Å². The standard InChI is InChI=1S/C41H61N3O10/c1-23(2)35(37(47)52-8)42-38(48)54-33-22-31-27(30-17-16-29(41(30,33)5)24(3)13-18-34(45)51-7)15-14-25-21-26(19-20-40(25,31)4)53-39(49)44-43-36(46)28-11-9-10-12-32(28)50-6/h9-12,23-27,29-31,33,35H,13-22H2,1-8H3,(H,42,48)(H,43,46)(H,44,49)/t24-,25-,26-,27+,29-,30+,31+,33+,35+,40+,41-/m1/s1. The molecule has 0 unspecified atom stereocenters. The van der Waals surface area contributed by atoms with Crippen molar-refractivity contribution in [3.05, 3.63) is 29.8 Å². The lowest BCUT2D eigenvalue weighted by Gasteiger charge is -2.62. The van der Waals surface area contributed by atoms with E-state index in [-0.39, 0.29) is 46.6 Å². The highest BCUT2D eigenvalue weighted by Crippen LogP contribution is 2.69. The van der Waals surface area contributed by atoms with Gasteiger partial charge in [-0.2, -0.15) is 0 Å². The van der Waals surface area contributed by atoms with Crippen molar-refractivity contribution >= 4 is 30.0 Å². The van der Waals surface area contributed by atoms with Crippen molar-refractivity contribution < 1.29 is 47.7 Å². The molecule has 54 heavy (non-hydrogen) atoms. The maximum atomic E-state index is 13.7. The molecule has 11 atom stereocenters. The highest BCUT2D eigenvalue weighted by Gasteiger charge is 2.65. The minimum absolute atomic E-state index is 0.0577. The van der Waals surface area contributed by atoms with E-state index in [1.165, 1.54) is 21.3 Å². The molecule has 4 saturated carbocycles. The Hall–Kier alpha value is -4.03. The second kappa shape index (κ2) is 17.2. The Morgan fingerprint density at radius 2 is 1.57 bits per heavy atom. The van der Waals surface area contributed by atoms with Gasteiger partial charge in [0, 0.05) is 11.8 Å². The predicted octanol–water partition coefficient (Wildman–Crippen LogP) is 6.59. The van der Waals surface area contributed by atoms with Crippen LogP contribution < -0.4 is 20.9 Å². The lowest BCUT2D eigenvalue weighted by atomic mass is 9.43. The summed E-state index contributed by atoms with van der Waals surface area (Å²) in [5.74, 6) is 0.768. The Morgan fingerprint density at radius 3 is 2.26 bits per heavy atom. The van der Waals surface area contributed by atoms with Gasteiger partial charge >= 0.3 is 24.1 Å². The molecule has 3 amide bonds. The number of esters is 2. The second-order valence-corrected chi connectivity index (χ2v) is 16.9. The largest absolute Gasteiger partial charge is 0.496 e. The molecule has 5 rings (SSSR count). The number of ether oxygens (including phenoxy) is 5. The van der Waals surface area contributed by atoms with Crippen LogP contribution in [0.5, 0.6) is 5.75 Å². The summed E-state index contributed by atoms with van der Waals surface area (Å²) in [6, 6.07) is 5.92. The van der Waals surface area contributed by atoms with Gasteiger partial charge in [-0.15, -0.1) is 0 Å². The summed E-state index contributed by atoms with van der Waals surface area (Å²) >= 11 is 0. The number of methoxy groups -OCH3 is 3. The maximum absolute atomic E-state index is 13.7. The van der Waals surface area contributed by atoms with Crippen LogP contribution in [0.15, 0.2) is 24.3 Å². The lowest BCUT2D eigenvalue weighted by molar-refractivity contribution is -0.175. The average molecular weight is 756 g/mol. The molecule has 0 saturated heterocycles. The molecule has 0 aromatic heterocycles. The summed E-state index contributed by atoms with van der Waals surface area (Å²) in [7, 11) is 4.20. The van der Waals surface area contributed by atoms with Crippen LogP contribution >= 0.6 is 0 Å². The van der Waals surface area contributed by atoms with Crippen molar-refractivity contribution in [2.75, 3.05) is 21.3 Å². The SMILES string of the molecule is COC(=O)CC[C@@H](C)[C@H]1CC[C@H]2[C@@H]3CC[C@@H]4C[C@H](OC(=O)NNC(=O)c5ccccc5OC)CC[C@]4(C)[C@H]3C[C@H](OC(=O)N[C@H](C(=O)OC)C(C)C)[C@]12C. The van der Waals surface area contributed by atoms with E-state index in [1.54, 1.807) is 24.3 Å². The number of fused-ring (bicyclic) bond motifs is 5. The van der Waals surface area contributed by atoms with E-state index < -0.39 is 36.2 Å². The second-order valence-electron chi connectivity index (χ2n) is 16.9. The van der Waals surface area contributed by atoms with E-state index >= 15 is 0 Å². The van der Waals surface area contributed by atoms with Gasteiger partial charge in [0.05, 0.1) is 26.9 Å². The van der Waals surface area contributed by atoms with Gasteiger partial charge in [0.1, 0.15) is 24.0 Å². The van der Waals surface area contributed by atoms with Crippen LogP contribution in [0.25, 0.3) is 0 Å². The number of nitrogens with one attached hydrogen (secondary N) is 3. The number of para-hydroxylation sites is 1. The molecule has 1 aromatic rings. The van der Waals surface area contributed by atoms with E-state index in [2.05, 4.69) is 36.9 Å². The molecule has 0 heterocycles. The van der Waals surface area contributed by atoms with Crippen molar-refractivity contribution in [1.82, 2.24) is 16.2 Å². The van der Waals surface area contributed by atoms with Gasteiger partial charge in [-0.3, -0.25) is 15.0 Å². The van der Waals surface area contributed by atoms with Crippen LogP contribution in [0, 0.1) is 52.3 Å². The number of hydrogen-bond donors (Lipinski definition) is 3. The normalized spacial score (nSPS) is 32.4. The first-order chi connectivity index (χ1) is 25.7. The number of amides is 3. The third kappa shape index (κ3) is 8.29. The van der Waals surface area contributed by atoms with Gasteiger partial charge in [-0.25, -0.2) is 19.8 Å². The predicted molar refractivity (Wildman–Crippen MR) is 199 cm³/mol. The topological polar surface area (TPSA) is 168 Å². The first-order valence-corrected chi connectivity index (χ1v) is 19.7. The van der Waals surface area contributed by atoms with Crippen LogP contribution in [0.2, 0.25) is 0 Å². The molecule has 3 N–H and O–H groups in total. The van der Waals surface area contributed by atoms with E-state index in [0.29, 0.717) is 61.2 Å². The molecule has 300 valence electrons. The number of hydrazine groups is 1. The number of rotatable bonds is 11. The lowest BCUT2D eigenvalue weighted by Crippen LogP contribution is -2.60. The molecular weight excluding hydrogens is 694 g/mol. The molecule has 0 aliphatic heterocycles. The van der Waals surface area contributed by atoms with Gasteiger partial charge in [0.2, 0.25) is 0 Å². The maximum Gasteiger partial charge on any atom is 0.426 e. The fourth-order valence-corrected chi connectivity index (χ4v) is 11.2. The minimum Gasteiger partial charge on any atom is -0.496 e. The molecule has 13 nitrogen and oxygen atoms in total. The Bertz CT molecular complexity index is 1540. The molecule has 0 bridgehead atoms. The van der Waals surface area contributed by atoms with Crippen molar-refractivity contribution in [2.45, 2.75) is 117 Å². The van der Waals surface area contributed by atoms with Gasteiger partial charge in [-0.05, 0) is 117 Å². The Balaban J connectivity index is 1.30. The van der Waals surface area contributed by atoms with Gasteiger partial charge in [-0.1, -0.05) is 46.8 Å². The van der Waals surface area contributed by atoms with Crippen molar-refractivity contribution in [1.29, 1.82) is 0 Å². The fourth-order valence-electron chi connectivity index (χ4n) is 11.2. The van der Waals surface area contributed by atoms with Gasteiger partial charge in [0.25, 0.3) is 5.91 Å². The summed E-state index contributed by atoms with van der Waals surface area (Å²) in [6.45, 7) is 10.6. The van der Waals surface area contributed by atoms with Crippen LogP contribution in [0.4, 0.5) is 9.59 Å². The molecule has 0 spiro atoms. The molecule has 1 aromatic carbocycles. The Kier molecular flexibility index (Phi) is 13.1. The van der Waals surface area contributed by atoms with E-state index in [1.807, 2.05) is 13.8 Å². The third-order valence-corrected chi connectivity index (χ3v) is 14.0. The number of alkyl carbamates (subject to hydrolysis) is 1. The summed E-state index contributed by atoms with van der Waals surface area (Å²) in [4.78, 5) is 63.9. The molecule has 0 radical (unpaired) electrons. The molecule has 4 aliphatic rings. The first kappa shape index (κ1) is 41.1. The molecular formula is C41H61N3O10.